The number of carbonyl (C=O) groups excluding carboxylic acids is 3. The van der Waals surface area contributed by atoms with Gasteiger partial charge in [0, 0.05) is 21.6 Å². The van der Waals surface area contributed by atoms with Crippen molar-refractivity contribution in [2.24, 2.45) is 16.2 Å². The summed E-state index contributed by atoms with van der Waals surface area (Å²) < 4.78 is 0. The molecule has 3 atom stereocenters. The number of hydrogen-bond acceptors (Lipinski definition) is 3. The average Bonchev–Trinajstić information content (AvgIpc) is 3.00. The first-order chi connectivity index (χ1) is 14.1. The van der Waals surface area contributed by atoms with Crippen LogP contribution in [0, 0.1) is 16.2 Å². The Morgan fingerprint density at radius 1 is 1.07 bits per heavy atom. The van der Waals surface area contributed by atoms with E-state index in [1.807, 2.05) is 26.8 Å². The molecule has 2 fully saturated rings. The highest BCUT2D eigenvalue weighted by molar-refractivity contribution is 9.10. The molecule has 0 saturated heterocycles. The number of anilines is 1. The molecule has 156 valence electrons. The molecule has 2 saturated carbocycles. The SMILES string of the molecule is CC1(C)[C@]2(C(=O)Nc3ccc(Cl)cc3C(=O)c3ccccc3)CC[C@]1(C)C(=O)[C@@H]2Br. The van der Waals surface area contributed by atoms with Crippen molar-refractivity contribution in [3.8, 4) is 0 Å². The first-order valence-electron chi connectivity index (χ1n) is 9.95. The summed E-state index contributed by atoms with van der Waals surface area (Å²) in [6, 6.07) is 13.7. The molecule has 6 heteroatoms. The minimum Gasteiger partial charge on any atom is -0.325 e. The Balaban J connectivity index is 1.73. The van der Waals surface area contributed by atoms with Crippen molar-refractivity contribution in [3.05, 3.63) is 64.7 Å². The second kappa shape index (κ2) is 7.03. The Morgan fingerprint density at radius 2 is 1.73 bits per heavy atom. The lowest BCUT2D eigenvalue weighted by atomic mass is 9.64. The maximum atomic E-state index is 13.7. The number of nitrogens with one attached hydrogen (secondary N) is 1. The molecule has 2 bridgehead atoms. The third-order valence-corrected chi connectivity index (χ3v) is 9.07. The van der Waals surface area contributed by atoms with Crippen molar-refractivity contribution in [3.63, 3.8) is 0 Å². The minimum atomic E-state index is -0.883. The number of carbonyl (C=O) groups is 3. The van der Waals surface area contributed by atoms with Gasteiger partial charge in [0.25, 0.3) is 0 Å². The molecular weight excluding hydrogens is 466 g/mol. The van der Waals surface area contributed by atoms with Crippen LogP contribution in [0.2, 0.25) is 5.02 Å². The molecule has 0 spiro atoms. The van der Waals surface area contributed by atoms with E-state index in [4.69, 9.17) is 11.6 Å². The van der Waals surface area contributed by atoms with E-state index in [0.29, 0.717) is 34.7 Å². The van der Waals surface area contributed by atoms with Crippen LogP contribution >= 0.6 is 27.5 Å². The minimum absolute atomic E-state index is 0.0746. The molecule has 1 amide bonds. The zero-order valence-electron chi connectivity index (χ0n) is 17.1. The van der Waals surface area contributed by atoms with E-state index in [1.165, 1.54) is 0 Å². The first kappa shape index (κ1) is 21.3. The fourth-order valence-corrected chi connectivity index (χ4v) is 6.93. The van der Waals surface area contributed by atoms with E-state index >= 15 is 0 Å². The van der Waals surface area contributed by atoms with E-state index in [0.717, 1.165) is 0 Å². The number of halogens is 2. The van der Waals surface area contributed by atoms with Gasteiger partial charge >= 0.3 is 0 Å². The molecule has 2 aromatic rings. The van der Waals surface area contributed by atoms with Gasteiger partial charge in [0.2, 0.25) is 5.91 Å². The molecule has 0 aliphatic heterocycles. The highest BCUT2D eigenvalue weighted by Gasteiger charge is 2.76. The zero-order valence-corrected chi connectivity index (χ0v) is 19.4. The molecule has 2 aliphatic carbocycles. The molecule has 0 aromatic heterocycles. The van der Waals surface area contributed by atoms with Crippen molar-refractivity contribution < 1.29 is 14.4 Å². The van der Waals surface area contributed by atoms with Crippen molar-refractivity contribution in [2.75, 3.05) is 5.32 Å². The number of ketones is 2. The van der Waals surface area contributed by atoms with Crippen molar-refractivity contribution >= 4 is 50.7 Å². The first-order valence-corrected chi connectivity index (χ1v) is 11.2. The summed E-state index contributed by atoms with van der Waals surface area (Å²) in [6.45, 7) is 5.95. The molecule has 2 aliphatic rings. The molecule has 0 radical (unpaired) electrons. The van der Waals surface area contributed by atoms with Gasteiger partial charge in [-0.1, -0.05) is 78.6 Å². The maximum absolute atomic E-state index is 13.7. The Kier molecular flexibility index (Phi) is 4.98. The van der Waals surface area contributed by atoms with Gasteiger partial charge in [-0.2, -0.15) is 0 Å². The van der Waals surface area contributed by atoms with Crippen LogP contribution in [0.25, 0.3) is 0 Å². The average molecular weight is 489 g/mol. The fraction of sp³-hybridized carbons (Fsp3) is 0.375. The highest BCUT2D eigenvalue weighted by atomic mass is 79.9. The van der Waals surface area contributed by atoms with E-state index < -0.39 is 21.1 Å². The van der Waals surface area contributed by atoms with Crippen molar-refractivity contribution in [1.82, 2.24) is 0 Å². The van der Waals surface area contributed by atoms with E-state index in [2.05, 4.69) is 21.2 Å². The molecule has 4 nitrogen and oxygen atoms in total. The van der Waals surface area contributed by atoms with Gasteiger partial charge in [-0.15, -0.1) is 0 Å². The topological polar surface area (TPSA) is 63.2 Å². The summed E-state index contributed by atoms with van der Waals surface area (Å²) in [5, 5.41) is 3.38. The lowest BCUT2D eigenvalue weighted by molar-refractivity contribution is -0.130. The number of hydrogen-bond donors (Lipinski definition) is 1. The lowest BCUT2D eigenvalue weighted by Crippen LogP contribution is -2.48. The van der Waals surface area contributed by atoms with Crippen LogP contribution in [0.3, 0.4) is 0 Å². The van der Waals surface area contributed by atoms with E-state index in [9.17, 15) is 14.4 Å². The van der Waals surface area contributed by atoms with Crippen LogP contribution in [0.4, 0.5) is 5.69 Å². The van der Waals surface area contributed by atoms with E-state index in [1.54, 1.807) is 42.5 Å². The maximum Gasteiger partial charge on any atom is 0.232 e. The molecule has 0 heterocycles. The third kappa shape index (κ3) is 2.68. The standard InChI is InChI=1S/C24H23BrClNO3/c1-22(2)23(3)11-12-24(22,19(25)20(23)29)21(30)27-17-10-9-15(26)13-16(17)18(28)14-7-5-4-6-8-14/h4-10,13,19H,11-12H2,1-3H3,(H,27,30)/t19-,23+,24+/m0/s1. The third-order valence-electron chi connectivity index (χ3n) is 7.64. The zero-order chi connectivity index (χ0) is 21.9. The van der Waals surface area contributed by atoms with Gasteiger partial charge in [0.1, 0.15) is 0 Å². The Bertz CT molecular complexity index is 1070. The van der Waals surface area contributed by atoms with Crippen molar-refractivity contribution in [1.29, 1.82) is 0 Å². The number of fused-ring (bicyclic) bond motifs is 2. The Labute approximate surface area is 189 Å². The van der Waals surface area contributed by atoms with Gasteiger partial charge in [0.05, 0.1) is 15.9 Å². The molecule has 30 heavy (non-hydrogen) atoms. The van der Waals surface area contributed by atoms with Gasteiger partial charge < -0.3 is 5.32 Å². The van der Waals surface area contributed by atoms with Gasteiger partial charge in [0.15, 0.2) is 11.6 Å². The molecule has 4 rings (SSSR count). The number of amides is 1. The molecule has 0 unspecified atom stereocenters. The second-order valence-electron chi connectivity index (χ2n) is 8.99. The Hall–Kier alpha value is -1.98. The predicted molar refractivity (Wildman–Crippen MR) is 121 cm³/mol. The summed E-state index contributed by atoms with van der Waals surface area (Å²) in [4.78, 5) is 39.2. The van der Waals surface area contributed by atoms with Gasteiger partial charge in [-0.3, -0.25) is 14.4 Å². The summed E-state index contributed by atoms with van der Waals surface area (Å²) in [6.07, 6.45) is 1.28. The Morgan fingerprint density at radius 3 is 2.33 bits per heavy atom. The second-order valence-corrected chi connectivity index (χ2v) is 10.3. The van der Waals surface area contributed by atoms with Crippen LogP contribution in [0.1, 0.15) is 49.5 Å². The van der Waals surface area contributed by atoms with Crippen LogP contribution in [-0.2, 0) is 9.59 Å². The quantitative estimate of drug-likeness (QED) is 0.445. The van der Waals surface area contributed by atoms with Crippen LogP contribution in [0.5, 0.6) is 0 Å². The van der Waals surface area contributed by atoms with Crippen LogP contribution < -0.4 is 5.32 Å². The summed E-state index contributed by atoms with van der Waals surface area (Å²) in [7, 11) is 0. The number of Topliss-reactive ketones (excluding diaryl/α,β-unsaturated/α-hetero) is 1. The van der Waals surface area contributed by atoms with E-state index in [-0.39, 0.29) is 17.5 Å². The number of alkyl halides is 1. The smallest absolute Gasteiger partial charge is 0.232 e. The fourth-order valence-electron chi connectivity index (χ4n) is 5.25. The van der Waals surface area contributed by atoms with Crippen LogP contribution in [0.15, 0.2) is 48.5 Å². The number of benzene rings is 2. The summed E-state index contributed by atoms with van der Waals surface area (Å²) in [5.74, 6) is -0.390. The highest BCUT2D eigenvalue weighted by Crippen LogP contribution is 2.72. The number of rotatable bonds is 4. The monoisotopic (exact) mass is 487 g/mol. The van der Waals surface area contributed by atoms with Gasteiger partial charge in [-0.05, 0) is 36.5 Å². The molecule has 1 N–H and O–H groups in total. The molecular formula is C24H23BrClNO3. The molecule has 2 aromatic carbocycles. The largest absolute Gasteiger partial charge is 0.325 e. The van der Waals surface area contributed by atoms with Crippen LogP contribution in [-0.4, -0.2) is 22.3 Å². The van der Waals surface area contributed by atoms with Gasteiger partial charge in [-0.25, -0.2) is 0 Å². The predicted octanol–water partition coefficient (Wildman–Crippen LogP) is 5.67. The normalized spacial score (nSPS) is 29.1. The lowest BCUT2D eigenvalue weighted by Gasteiger charge is -2.39. The summed E-state index contributed by atoms with van der Waals surface area (Å²) >= 11 is 9.70. The summed E-state index contributed by atoms with van der Waals surface area (Å²) in [5.41, 5.74) is -0.724. The van der Waals surface area contributed by atoms with Crippen molar-refractivity contribution in [2.45, 2.75) is 38.4 Å².